The lowest BCUT2D eigenvalue weighted by Crippen LogP contribution is -2.28. The maximum atomic E-state index is 13.7. The molecule has 43 heavy (non-hydrogen) atoms. The van der Waals surface area contributed by atoms with Crippen LogP contribution in [0.1, 0.15) is 50.2 Å². The number of carbonyl (C=O) groups is 2. The molecule has 10 heteroatoms. The number of thioether (sulfide) groups is 1. The number of nitrogens with zero attached hydrogens (tertiary/aromatic N) is 5. The summed E-state index contributed by atoms with van der Waals surface area (Å²) in [6.45, 7) is 2.77. The lowest BCUT2D eigenvalue weighted by molar-refractivity contribution is -0.130. The van der Waals surface area contributed by atoms with Crippen LogP contribution < -0.4 is 5.32 Å². The summed E-state index contributed by atoms with van der Waals surface area (Å²) in [5, 5.41) is 20.8. The van der Waals surface area contributed by atoms with E-state index in [1.165, 1.54) is 17.3 Å². The maximum absolute atomic E-state index is 13.7. The van der Waals surface area contributed by atoms with Crippen LogP contribution >= 0.6 is 23.1 Å². The molecule has 0 spiro atoms. The van der Waals surface area contributed by atoms with Crippen LogP contribution in [-0.4, -0.2) is 43.1 Å². The Morgan fingerprint density at radius 1 is 0.930 bits per heavy atom. The van der Waals surface area contributed by atoms with Crippen LogP contribution in [0.4, 0.5) is 0 Å². The van der Waals surface area contributed by atoms with Gasteiger partial charge in [-0.3, -0.25) is 9.59 Å². The highest BCUT2D eigenvalue weighted by Crippen LogP contribution is 2.35. The standard InChI is InChI=1S/C33H30N6O2S2/c1-23-14-16-25(17-15-23)28-19-27(29-13-8-18-42-29)37-39(28)31(40)22-43-33-36-35-30(38(33)21-24-9-4-2-5-10-24)20-34-32(41)26-11-6-3-7-12-26/h2-18,28H,19-22H2,1H3,(H,34,41). The second-order valence-corrected chi connectivity index (χ2v) is 12.1. The first kappa shape index (κ1) is 28.6. The van der Waals surface area contributed by atoms with Crippen molar-refractivity contribution in [3.63, 3.8) is 0 Å². The quantitative estimate of drug-likeness (QED) is 0.194. The molecule has 3 aromatic carbocycles. The summed E-state index contributed by atoms with van der Waals surface area (Å²) < 4.78 is 1.96. The van der Waals surface area contributed by atoms with Gasteiger partial charge in [0.05, 0.1) is 35.5 Å². The Hall–Kier alpha value is -4.54. The summed E-state index contributed by atoms with van der Waals surface area (Å²) in [5.74, 6) is 0.470. The maximum Gasteiger partial charge on any atom is 0.253 e. The smallest absolute Gasteiger partial charge is 0.253 e. The van der Waals surface area contributed by atoms with Crippen molar-refractivity contribution in [2.45, 2.75) is 37.6 Å². The first-order chi connectivity index (χ1) is 21.0. The van der Waals surface area contributed by atoms with Gasteiger partial charge in [-0.2, -0.15) is 5.10 Å². The molecule has 0 fully saturated rings. The monoisotopic (exact) mass is 606 g/mol. The summed E-state index contributed by atoms with van der Waals surface area (Å²) in [7, 11) is 0. The number of aromatic nitrogens is 3. The molecule has 1 aliphatic rings. The number of hydrazone groups is 1. The summed E-state index contributed by atoms with van der Waals surface area (Å²) >= 11 is 2.96. The molecule has 0 bridgehead atoms. The Kier molecular flexibility index (Phi) is 8.76. The molecular formula is C33H30N6O2S2. The number of benzene rings is 3. The van der Waals surface area contributed by atoms with Gasteiger partial charge in [-0.1, -0.05) is 96.2 Å². The molecule has 1 N–H and O–H groups in total. The molecule has 2 amide bonds. The Morgan fingerprint density at radius 2 is 1.67 bits per heavy atom. The van der Waals surface area contributed by atoms with Gasteiger partial charge in [-0.05, 0) is 41.6 Å². The Morgan fingerprint density at radius 3 is 2.40 bits per heavy atom. The molecule has 1 atom stereocenters. The summed E-state index contributed by atoms with van der Waals surface area (Å²) in [6.07, 6.45) is 0.662. The third-order valence-electron chi connectivity index (χ3n) is 7.18. The SMILES string of the molecule is Cc1ccc(C2CC(c3cccs3)=NN2C(=O)CSc2nnc(CNC(=O)c3ccccc3)n2Cc2ccccc2)cc1. The van der Waals surface area contributed by atoms with Gasteiger partial charge >= 0.3 is 0 Å². The molecule has 216 valence electrons. The zero-order chi connectivity index (χ0) is 29.6. The summed E-state index contributed by atoms with van der Waals surface area (Å²) in [6, 6.07) is 31.2. The van der Waals surface area contributed by atoms with Crippen molar-refractivity contribution in [1.29, 1.82) is 0 Å². The minimum Gasteiger partial charge on any atom is -0.345 e. The van der Waals surface area contributed by atoms with Crippen molar-refractivity contribution in [1.82, 2.24) is 25.1 Å². The highest BCUT2D eigenvalue weighted by Gasteiger charge is 2.33. The molecule has 0 saturated heterocycles. The molecule has 1 unspecified atom stereocenters. The van der Waals surface area contributed by atoms with Crippen molar-refractivity contribution in [3.05, 3.63) is 135 Å². The molecule has 3 heterocycles. The largest absolute Gasteiger partial charge is 0.345 e. The molecule has 0 aliphatic carbocycles. The van der Waals surface area contributed by atoms with E-state index in [1.54, 1.807) is 28.5 Å². The van der Waals surface area contributed by atoms with E-state index in [9.17, 15) is 9.59 Å². The highest BCUT2D eigenvalue weighted by molar-refractivity contribution is 7.99. The van der Waals surface area contributed by atoms with Crippen LogP contribution in [0.15, 0.2) is 113 Å². The van der Waals surface area contributed by atoms with Gasteiger partial charge < -0.3 is 9.88 Å². The topological polar surface area (TPSA) is 92.5 Å². The minimum absolute atomic E-state index is 0.102. The van der Waals surface area contributed by atoms with Gasteiger partial charge in [0.1, 0.15) is 0 Å². The van der Waals surface area contributed by atoms with Crippen molar-refractivity contribution >= 4 is 40.6 Å². The second kappa shape index (κ2) is 13.2. The fourth-order valence-corrected chi connectivity index (χ4v) is 6.43. The summed E-state index contributed by atoms with van der Waals surface area (Å²) in [5.41, 5.74) is 4.79. The van der Waals surface area contributed by atoms with Crippen LogP contribution in [0.3, 0.4) is 0 Å². The van der Waals surface area contributed by atoms with Gasteiger partial charge in [-0.15, -0.1) is 21.5 Å². The number of thiophene rings is 1. The van der Waals surface area contributed by atoms with Gasteiger partial charge in [-0.25, -0.2) is 5.01 Å². The molecule has 2 aromatic heterocycles. The highest BCUT2D eigenvalue weighted by atomic mass is 32.2. The van der Waals surface area contributed by atoms with Crippen LogP contribution in [0.5, 0.6) is 0 Å². The Balaban J connectivity index is 1.21. The lowest BCUT2D eigenvalue weighted by Gasteiger charge is -2.22. The zero-order valence-electron chi connectivity index (χ0n) is 23.6. The molecule has 1 aliphatic heterocycles. The number of hydrogen-bond donors (Lipinski definition) is 1. The van der Waals surface area contributed by atoms with Crippen molar-refractivity contribution in [3.8, 4) is 0 Å². The first-order valence-electron chi connectivity index (χ1n) is 14.0. The first-order valence-corrected chi connectivity index (χ1v) is 15.8. The average Bonchev–Trinajstić information content (AvgIpc) is 3.81. The summed E-state index contributed by atoms with van der Waals surface area (Å²) in [4.78, 5) is 27.5. The number of aryl methyl sites for hydroxylation is 1. The van der Waals surface area contributed by atoms with Crippen molar-refractivity contribution < 1.29 is 9.59 Å². The molecule has 8 nitrogen and oxygen atoms in total. The zero-order valence-corrected chi connectivity index (χ0v) is 25.2. The number of nitrogens with one attached hydrogen (secondary N) is 1. The van der Waals surface area contributed by atoms with Gasteiger partial charge in [0.25, 0.3) is 11.8 Å². The van der Waals surface area contributed by atoms with Gasteiger partial charge in [0, 0.05) is 12.0 Å². The van der Waals surface area contributed by atoms with Crippen molar-refractivity contribution in [2.75, 3.05) is 5.75 Å². The number of amides is 2. The fraction of sp³-hybridized carbons (Fsp3) is 0.182. The normalized spacial score (nSPS) is 14.5. The van der Waals surface area contributed by atoms with E-state index in [4.69, 9.17) is 5.10 Å². The van der Waals surface area contributed by atoms with Crippen LogP contribution in [0.25, 0.3) is 0 Å². The average molecular weight is 607 g/mol. The van der Waals surface area contributed by atoms with Gasteiger partial charge in [0.15, 0.2) is 11.0 Å². The lowest BCUT2D eigenvalue weighted by atomic mass is 10.00. The molecule has 0 saturated carbocycles. The predicted octanol–water partition coefficient (Wildman–Crippen LogP) is 6.10. The van der Waals surface area contributed by atoms with E-state index in [0.29, 0.717) is 29.5 Å². The van der Waals surface area contributed by atoms with E-state index in [1.807, 2.05) is 70.6 Å². The molecule has 5 aromatic rings. The third kappa shape index (κ3) is 6.76. The van der Waals surface area contributed by atoms with Crippen molar-refractivity contribution in [2.24, 2.45) is 5.10 Å². The molecular weight excluding hydrogens is 577 g/mol. The van der Waals surface area contributed by atoms with E-state index >= 15 is 0 Å². The van der Waals surface area contributed by atoms with Crippen LogP contribution in [-0.2, 0) is 17.9 Å². The van der Waals surface area contributed by atoms with E-state index in [-0.39, 0.29) is 30.2 Å². The Bertz CT molecular complexity index is 1720. The number of rotatable bonds is 10. The molecule has 0 radical (unpaired) electrons. The molecule has 6 rings (SSSR count). The van der Waals surface area contributed by atoms with Gasteiger partial charge in [0.2, 0.25) is 0 Å². The van der Waals surface area contributed by atoms with Crippen LogP contribution in [0.2, 0.25) is 0 Å². The van der Waals surface area contributed by atoms with E-state index < -0.39 is 0 Å². The van der Waals surface area contributed by atoms with E-state index in [0.717, 1.165) is 21.7 Å². The van der Waals surface area contributed by atoms with E-state index in [2.05, 4.69) is 46.7 Å². The number of carbonyl (C=O) groups excluding carboxylic acids is 2. The predicted molar refractivity (Wildman–Crippen MR) is 170 cm³/mol. The Labute approximate surface area is 258 Å². The van der Waals surface area contributed by atoms with Crippen LogP contribution in [0, 0.1) is 6.92 Å². The minimum atomic E-state index is -0.185. The number of hydrogen-bond acceptors (Lipinski definition) is 7. The third-order valence-corrected chi connectivity index (χ3v) is 9.05. The fourth-order valence-electron chi connectivity index (χ4n) is 4.90. The second-order valence-electron chi connectivity index (χ2n) is 10.2.